The average molecular weight is 269 g/mol. The highest BCUT2D eigenvalue weighted by Crippen LogP contribution is 2.26. The van der Waals surface area contributed by atoms with Crippen molar-refractivity contribution < 1.29 is 13.2 Å². The Kier molecular flexibility index (Phi) is 3.49. The number of aryl methyl sites for hydroxylation is 1. The van der Waals surface area contributed by atoms with E-state index in [9.17, 15) is 8.42 Å². The van der Waals surface area contributed by atoms with Crippen LogP contribution in [0.1, 0.15) is 25.0 Å². The Morgan fingerprint density at radius 3 is 2.39 bits per heavy atom. The van der Waals surface area contributed by atoms with E-state index in [-0.39, 0.29) is 12.5 Å². The quantitative estimate of drug-likeness (QED) is 0.842. The van der Waals surface area contributed by atoms with Gasteiger partial charge in [-0.15, -0.1) is 0 Å². The molecule has 1 aliphatic rings. The van der Waals surface area contributed by atoms with Gasteiger partial charge in [0, 0.05) is 0 Å². The fourth-order valence-corrected chi connectivity index (χ4v) is 3.87. The molecule has 0 bridgehead atoms. The first-order valence-corrected chi connectivity index (χ1v) is 7.56. The Balaban J connectivity index is 2.20. The van der Waals surface area contributed by atoms with Gasteiger partial charge in [0.05, 0.1) is 17.9 Å². The van der Waals surface area contributed by atoms with E-state index in [1.165, 1.54) is 4.31 Å². The number of hydrogen-bond acceptors (Lipinski definition) is 3. The molecule has 0 aliphatic carbocycles. The van der Waals surface area contributed by atoms with E-state index in [1.807, 2.05) is 45.0 Å². The lowest BCUT2D eigenvalue weighted by Crippen LogP contribution is -2.44. The van der Waals surface area contributed by atoms with Crippen molar-refractivity contribution in [3.63, 3.8) is 0 Å². The molecule has 0 atom stereocenters. The minimum Gasteiger partial charge on any atom is -0.363 e. The van der Waals surface area contributed by atoms with Gasteiger partial charge in [0.1, 0.15) is 6.73 Å². The number of rotatable bonds is 3. The Morgan fingerprint density at radius 1 is 1.28 bits per heavy atom. The fourth-order valence-electron chi connectivity index (χ4n) is 2.05. The number of ether oxygens (including phenoxy) is 1. The summed E-state index contributed by atoms with van der Waals surface area (Å²) in [5.74, 6) is 0.0278. The standard InChI is InChI=1S/C13H19NO3S/c1-11-4-6-12(7-5-11)8-18(15,16)14-10-17-9-13(14,2)3/h4-7H,8-10H2,1-3H3. The second-order valence-electron chi connectivity index (χ2n) is 5.38. The Bertz CT molecular complexity index is 520. The van der Waals surface area contributed by atoms with Crippen molar-refractivity contribution in [3.8, 4) is 0 Å². The van der Waals surface area contributed by atoms with Crippen LogP contribution in [0.4, 0.5) is 0 Å². The molecule has 2 rings (SSSR count). The summed E-state index contributed by atoms with van der Waals surface area (Å²) in [5.41, 5.74) is 1.48. The lowest BCUT2D eigenvalue weighted by Gasteiger charge is -2.28. The van der Waals surface area contributed by atoms with E-state index in [4.69, 9.17) is 4.74 Å². The predicted molar refractivity (Wildman–Crippen MR) is 70.5 cm³/mol. The molecule has 1 saturated heterocycles. The minimum atomic E-state index is -3.33. The highest BCUT2D eigenvalue weighted by atomic mass is 32.2. The molecule has 18 heavy (non-hydrogen) atoms. The summed E-state index contributed by atoms with van der Waals surface area (Å²) in [5, 5.41) is 0. The molecule has 1 aliphatic heterocycles. The molecule has 0 unspecified atom stereocenters. The van der Waals surface area contributed by atoms with Crippen LogP contribution in [0.3, 0.4) is 0 Å². The molecule has 0 spiro atoms. The summed E-state index contributed by atoms with van der Waals surface area (Å²) in [6, 6.07) is 7.57. The lowest BCUT2D eigenvalue weighted by atomic mass is 10.1. The third-order valence-electron chi connectivity index (χ3n) is 3.14. The van der Waals surface area contributed by atoms with Gasteiger partial charge in [-0.05, 0) is 26.3 Å². The van der Waals surface area contributed by atoms with Gasteiger partial charge in [-0.1, -0.05) is 29.8 Å². The van der Waals surface area contributed by atoms with Crippen molar-refractivity contribution in [2.24, 2.45) is 0 Å². The first-order valence-electron chi connectivity index (χ1n) is 5.95. The number of hydrogen-bond donors (Lipinski definition) is 0. The maximum atomic E-state index is 12.3. The molecule has 0 N–H and O–H groups in total. The predicted octanol–water partition coefficient (Wildman–Crippen LogP) is 1.89. The molecule has 0 saturated carbocycles. The topological polar surface area (TPSA) is 46.6 Å². The number of benzene rings is 1. The van der Waals surface area contributed by atoms with Gasteiger partial charge in [0.2, 0.25) is 10.0 Å². The second-order valence-corrected chi connectivity index (χ2v) is 7.27. The van der Waals surface area contributed by atoms with E-state index in [1.54, 1.807) is 0 Å². The van der Waals surface area contributed by atoms with Crippen LogP contribution in [0, 0.1) is 6.92 Å². The van der Waals surface area contributed by atoms with Crippen molar-refractivity contribution >= 4 is 10.0 Å². The number of sulfonamides is 1. The largest absolute Gasteiger partial charge is 0.363 e. The zero-order chi connectivity index (χ0) is 13.4. The molecule has 1 aromatic rings. The van der Waals surface area contributed by atoms with Crippen LogP contribution in [0.2, 0.25) is 0 Å². The zero-order valence-electron chi connectivity index (χ0n) is 11.0. The zero-order valence-corrected chi connectivity index (χ0v) is 11.8. The molecule has 5 heteroatoms. The van der Waals surface area contributed by atoms with Crippen molar-refractivity contribution in [2.75, 3.05) is 13.3 Å². The van der Waals surface area contributed by atoms with E-state index >= 15 is 0 Å². The van der Waals surface area contributed by atoms with Crippen LogP contribution in [0.5, 0.6) is 0 Å². The first kappa shape index (κ1) is 13.5. The molecule has 100 valence electrons. The van der Waals surface area contributed by atoms with Gasteiger partial charge in [-0.25, -0.2) is 8.42 Å². The fraction of sp³-hybridized carbons (Fsp3) is 0.538. The monoisotopic (exact) mass is 269 g/mol. The molecule has 0 amide bonds. The maximum Gasteiger partial charge on any atom is 0.220 e. The summed E-state index contributed by atoms with van der Waals surface area (Å²) in [7, 11) is -3.33. The van der Waals surface area contributed by atoms with Crippen LogP contribution in [0.25, 0.3) is 0 Å². The summed E-state index contributed by atoms with van der Waals surface area (Å²) in [6.07, 6.45) is 0. The van der Waals surface area contributed by atoms with Crippen LogP contribution in [-0.4, -0.2) is 31.6 Å². The van der Waals surface area contributed by atoms with E-state index < -0.39 is 15.6 Å². The van der Waals surface area contributed by atoms with Gasteiger partial charge in [0.15, 0.2) is 0 Å². The Labute approximate surface area is 109 Å². The van der Waals surface area contributed by atoms with Crippen LogP contribution < -0.4 is 0 Å². The maximum absolute atomic E-state index is 12.3. The third-order valence-corrected chi connectivity index (χ3v) is 5.11. The summed E-state index contributed by atoms with van der Waals surface area (Å²) in [4.78, 5) is 0. The van der Waals surface area contributed by atoms with Crippen LogP contribution >= 0.6 is 0 Å². The molecular weight excluding hydrogens is 250 g/mol. The SMILES string of the molecule is Cc1ccc(CS(=O)(=O)N2COCC2(C)C)cc1. The summed E-state index contributed by atoms with van der Waals surface area (Å²) in [6.45, 7) is 6.34. The second kappa shape index (κ2) is 4.64. The smallest absolute Gasteiger partial charge is 0.220 e. The highest BCUT2D eigenvalue weighted by molar-refractivity contribution is 7.88. The Hall–Kier alpha value is -0.910. The van der Waals surface area contributed by atoms with Crippen molar-refractivity contribution in [2.45, 2.75) is 32.1 Å². The van der Waals surface area contributed by atoms with Crippen LogP contribution in [-0.2, 0) is 20.5 Å². The van der Waals surface area contributed by atoms with Crippen LogP contribution in [0.15, 0.2) is 24.3 Å². The Morgan fingerprint density at radius 2 is 1.89 bits per heavy atom. The van der Waals surface area contributed by atoms with Gasteiger partial charge in [0.25, 0.3) is 0 Å². The molecule has 1 fully saturated rings. The van der Waals surface area contributed by atoms with Crippen molar-refractivity contribution in [1.29, 1.82) is 0 Å². The van der Waals surface area contributed by atoms with Gasteiger partial charge >= 0.3 is 0 Å². The van der Waals surface area contributed by atoms with Crippen molar-refractivity contribution in [3.05, 3.63) is 35.4 Å². The van der Waals surface area contributed by atoms with Crippen molar-refractivity contribution in [1.82, 2.24) is 4.31 Å². The molecular formula is C13H19NO3S. The highest BCUT2D eigenvalue weighted by Gasteiger charge is 2.41. The summed E-state index contributed by atoms with van der Waals surface area (Å²) >= 11 is 0. The normalized spacial score (nSPS) is 20.2. The van der Waals surface area contributed by atoms with Gasteiger partial charge in [-0.3, -0.25) is 0 Å². The molecule has 1 aromatic carbocycles. The van der Waals surface area contributed by atoms with Gasteiger partial charge in [-0.2, -0.15) is 4.31 Å². The molecule has 4 nitrogen and oxygen atoms in total. The summed E-state index contributed by atoms with van der Waals surface area (Å²) < 4.78 is 31.4. The molecule has 0 aromatic heterocycles. The van der Waals surface area contributed by atoms with E-state index in [0.717, 1.165) is 11.1 Å². The van der Waals surface area contributed by atoms with E-state index in [2.05, 4.69) is 0 Å². The minimum absolute atomic E-state index is 0.0278. The molecule has 1 heterocycles. The van der Waals surface area contributed by atoms with Gasteiger partial charge < -0.3 is 4.74 Å². The number of nitrogens with zero attached hydrogens (tertiary/aromatic N) is 1. The first-order chi connectivity index (χ1) is 8.31. The average Bonchev–Trinajstić information content (AvgIpc) is 2.62. The third kappa shape index (κ3) is 2.74. The lowest BCUT2D eigenvalue weighted by molar-refractivity contribution is 0.171. The molecule has 0 radical (unpaired) electrons. The van der Waals surface area contributed by atoms with E-state index in [0.29, 0.717) is 6.61 Å².